The highest BCUT2D eigenvalue weighted by Crippen LogP contribution is 2.36. The predicted octanol–water partition coefficient (Wildman–Crippen LogP) is 5.79. The van der Waals surface area contributed by atoms with Crippen LogP contribution in [-0.2, 0) is 17.8 Å². The Hall–Kier alpha value is -3.02. The number of nitrogens with one attached hydrogen (secondary N) is 2. The third-order valence-electron chi connectivity index (χ3n) is 5.34. The average Bonchev–Trinajstić information content (AvgIpc) is 2.82. The molecule has 0 fully saturated rings. The van der Waals surface area contributed by atoms with E-state index in [-0.39, 0.29) is 12.5 Å². The Balaban J connectivity index is 1.52. The van der Waals surface area contributed by atoms with Crippen LogP contribution >= 0.6 is 11.6 Å². The Morgan fingerprint density at radius 1 is 1.03 bits per heavy atom. The SMILES string of the molecule is COc1cc(CNC(C)CCc2ccccc2)cc(Cl)c1OCC(=O)Nc1ccc(C)cc1. The maximum atomic E-state index is 12.3. The minimum Gasteiger partial charge on any atom is -0.493 e. The Kier molecular flexibility index (Phi) is 9.16. The summed E-state index contributed by atoms with van der Waals surface area (Å²) in [5, 5.41) is 6.74. The zero-order chi connectivity index (χ0) is 23.6. The van der Waals surface area contributed by atoms with Crippen LogP contribution < -0.4 is 20.1 Å². The van der Waals surface area contributed by atoms with Gasteiger partial charge in [0, 0.05) is 18.3 Å². The van der Waals surface area contributed by atoms with E-state index in [9.17, 15) is 4.79 Å². The first-order valence-corrected chi connectivity index (χ1v) is 11.5. The van der Waals surface area contributed by atoms with Gasteiger partial charge in [-0.3, -0.25) is 4.79 Å². The van der Waals surface area contributed by atoms with Crippen molar-refractivity contribution in [2.75, 3.05) is 19.0 Å². The van der Waals surface area contributed by atoms with Gasteiger partial charge in [0.05, 0.1) is 12.1 Å². The normalized spacial score (nSPS) is 11.6. The molecule has 0 saturated carbocycles. The molecule has 0 aromatic heterocycles. The minimum atomic E-state index is -0.269. The zero-order valence-electron chi connectivity index (χ0n) is 19.4. The number of aryl methyl sites for hydroxylation is 2. The monoisotopic (exact) mass is 466 g/mol. The molecule has 3 aromatic carbocycles. The van der Waals surface area contributed by atoms with Gasteiger partial charge in [-0.2, -0.15) is 0 Å². The molecule has 1 amide bonds. The molecular formula is C27H31ClN2O3. The van der Waals surface area contributed by atoms with Crippen molar-refractivity contribution < 1.29 is 14.3 Å². The standard InChI is InChI=1S/C27H31ClN2O3/c1-19-9-13-23(14-10-19)30-26(31)18-33-27-24(28)15-22(16-25(27)32-3)17-29-20(2)11-12-21-7-5-4-6-8-21/h4-10,13-16,20,29H,11-12,17-18H2,1-3H3,(H,30,31). The fraction of sp³-hybridized carbons (Fsp3) is 0.296. The van der Waals surface area contributed by atoms with Crippen molar-refractivity contribution in [1.29, 1.82) is 0 Å². The summed E-state index contributed by atoms with van der Waals surface area (Å²) < 4.78 is 11.2. The second-order valence-electron chi connectivity index (χ2n) is 8.12. The van der Waals surface area contributed by atoms with E-state index in [0.717, 1.165) is 29.7 Å². The number of benzene rings is 3. The second kappa shape index (κ2) is 12.3. The van der Waals surface area contributed by atoms with Crippen LogP contribution in [-0.4, -0.2) is 25.7 Å². The molecule has 1 atom stereocenters. The average molecular weight is 467 g/mol. The summed E-state index contributed by atoms with van der Waals surface area (Å²) in [4.78, 5) is 12.3. The fourth-order valence-corrected chi connectivity index (χ4v) is 3.70. The molecule has 174 valence electrons. The van der Waals surface area contributed by atoms with Gasteiger partial charge >= 0.3 is 0 Å². The summed E-state index contributed by atoms with van der Waals surface area (Å²) in [7, 11) is 1.56. The topological polar surface area (TPSA) is 59.6 Å². The molecule has 33 heavy (non-hydrogen) atoms. The van der Waals surface area contributed by atoms with Crippen LogP contribution in [0.4, 0.5) is 5.69 Å². The van der Waals surface area contributed by atoms with E-state index < -0.39 is 0 Å². The van der Waals surface area contributed by atoms with Crippen LogP contribution in [0.3, 0.4) is 0 Å². The van der Waals surface area contributed by atoms with Crippen molar-refractivity contribution >= 4 is 23.2 Å². The third kappa shape index (κ3) is 7.81. The van der Waals surface area contributed by atoms with Gasteiger partial charge < -0.3 is 20.1 Å². The van der Waals surface area contributed by atoms with E-state index in [4.69, 9.17) is 21.1 Å². The number of rotatable bonds is 11. The van der Waals surface area contributed by atoms with Crippen LogP contribution in [0, 0.1) is 6.92 Å². The number of hydrogen-bond donors (Lipinski definition) is 2. The molecule has 0 bridgehead atoms. The van der Waals surface area contributed by atoms with E-state index in [1.54, 1.807) is 7.11 Å². The lowest BCUT2D eigenvalue weighted by Gasteiger charge is -2.17. The van der Waals surface area contributed by atoms with Crippen LogP contribution in [0.15, 0.2) is 66.7 Å². The minimum absolute atomic E-state index is 0.169. The molecule has 0 aliphatic heterocycles. The molecule has 0 aliphatic carbocycles. The summed E-state index contributed by atoms with van der Waals surface area (Å²) in [6, 6.07) is 22.1. The van der Waals surface area contributed by atoms with Gasteiger partial charge in [0.1, 0.15) is 0 Å². The smallest absolute Gasteiger partial charge is 0.262 e. The van der Waals surface area contributed by atoms with E-state index >= 15 is 0 Å². The fourth-order valence-electron chi connectivity index (χ4n) is 3.41. The number of methoxy groups -OCH3 is 1. The van der Waals surface area contributed by atoms with Gasteiger partial charge in [-0.1, -0.05) is 59.6 Å². The number of halogens is 1. The molecule has 0 radical (unpaired) electrons. The molecule has 5 nitrogen and oxygen atoms in total. The lowest BCUT2D eigenvalue weighted by molar-refractivity contribution is -0.118. The highest BCUT2D eigenvalue weighted by Gasteiger charge is 2.15. The van der Waals surface area contributed by atoms with Gasteiger partial charge in [0.25, 0.3) is 5.91 Å². The molecule has 0 heterocycles. The molecule has 0 saturated heterocycles. The van der Waals surface area contributed by atoms with Crippen molar-refractivity contribution in [2.24, 2.45) is 0 Å². The molecule has 6 heteroatoms. The second-order valence-corrected chi connectivity index (χ2v) is 8.53. The quantitative estimate of drug-likeness (QED) is 0.375. The van der Waals surface area contributed by atoms with Crippen LogP contribution in [0.5, 0.6) is 11.5 Å². The zero-order valence-corrected chi connectivity index (χ0v) is 20.1. The Morgan fingerprint density at radius 3 is 2.45 bits per heavy atom. The summed E-state index contributed by atoms with van der Waals surface area (Å²) in [6.45, 7) is 4.65. The predicted molar refractivity (Wildman–Crippen MR) is 134 cm³/mol. The van der Waals surface area contributed by atoms with Gasteiger partial charge in [-0.05, 0) is 62.1 Å². The largest absolute Gasteiger partial charge is 0.493 e. The Bertz CT molecular complexity index is 1040. The first-order chi connectivity index (χ1) is 15.9. The van der Waals surface area contributed by atoms with Gasteiger partial charge in [-0.25, -0.2) is 0 Å². The number of carbonyl (C=O) groups excluding carboxylic acids is 1. The van der Waals surface area contributed by atoms with Crippen molar-refractivity contribution in [1.82, 2.24) is 5.32 Å². The number of amides is 1. The van der Waals surface area contributed by atoms with Crippen molar-refractivity contribution in [3.63, 3.8) is 0 Å². The Morgan fingerprint density at radius 2 is 1.76 bits per heavy atom. The highest BCUT2D eigenvalue weighted by atomic mass is 35.5. The van der Waals surface area contributed by atoms with E-state index in [2.05, 4.69) is 41.8 Å². The number of carbonyl (C=O) groups is 1. The molecule has 2 N–H and O–H groups in total. The van der Waals surface area contributed by atoms with E-state index in [1.165, 1.54) is 5.56 Å². The Labute approximate surface area is 201 Å². The summed E-state index contributed by atoms with van der Waals surface area (Å²) in [5.74, 6) is 0.591. The van der Waals surface area contributed by atoms with E-state index in [1.807, 2.05) is 49.4 Å². The number of anilines is 1. The number of ether oxygens (including phenoxy) is 2. The molecular weight excluding hydrogens is 436 g/mol. The van der Waals surface area contributed by atoms with Crippen molar-refractivity contribution in [3.8, 4) is 11.5 Å². The van der Waals surface area contributed by atoms with Crippen LogP contribution in [0.1, 0.15) is 30.0 Å². The summed E-state index contributed by atoms with van der Waals surface area (Å²) in [6.07, 6.45) is 2.06. The molecule has 3 aromatic rings. The van der Waals surface area contributed by atoms with E-state index in [0.29, 0.717) is 29.1 Å². The maximum Gasteiger partial charge on any atom is 0.262 e. The van der Waals surface area contributed by atoms with Gasteiger partial charge in [0.2, 0.25) is 0 Å². The van der Waals surface area contributed by atoms with Gasteiger partial charge in [0.15, 0.2) is 18.1 Å². The summed E-state index contributed by atoms with van der Waals surface area (Å²) >= 11 is 6.47. The highest BCUT2D eigenvalue weighted by molar-refractivity contribution is 6.32. The molecule has 1 unspecified atom stereocenters. The summed E-state index contributed by atoms with van der Waals surface area (Å²) in [5.41, 5.74) is 4.17. The molecule has 0 spiro atoms. The van der Waals surface area contributed by atoms with Crippen LogP contribution in [0.25, 0.3) is 0 Å². The first kappa shape index (κ1) is 24.6. The lowest BCUT2D eigenvalue weighted by Crippen LogP contribution is -2.26. The maximum absolute atomic E-state index is 12.3. The number of hydrogen-bond acceptors (Lipinski definition) is 4. The molecule has 3 rings (SSSR count). The third-order valence-corrected chi connectivity index (χ3v) is 5.62. The molecule has 0 aliphatic rings. The van der Waals surface area contributed by atoms with Crippen molar-refractivity contribution in [3.05, 3.63) is 88.4 Å². The first-order valence-electron chi connectivity index (χ1n) is 11.1. The van der Waals surface area contributed by atoms with Crippen LogP contribution in [0.2, 0.25) is 5.02 Å². The lowest BCUT2D eigenvalue weighted by atomic mass is 10.1. The van der Waals surface area contributed by atoms with Gasteiger partial charge in [-0.15, -0.1) is 0 Å². The van der Waals surface area contributed by atoms with Crippen molar-refractivity contribution in [2.45, 2.75) is 39.3 Å².